The molecule has 1 aliphatic carbocycles. The van der Waals surface area contributed by atoms with Gasteiger partial charge in [0.15, 0.2) is 10.3 Å². The molecule has 8 nitrogen and oxygen atoms in total. The van der Waals surface area contributed by atoms with Crippen LogP contribution in [0.3, 0.4) is 0 Å². The topological polar surface area (TPSA) is 99.0 Å². The fourth-order valence-corrected chi connectivity index (χ4v) is 3.78. The van der Waals surface area contributed by atoms with Gasteiger partial charge in [-0.15, -0.1) is 28.1 Å². The van der Waals surface area contributed by atoms with Crippen molar-refractivity contribution in [2.45, 2.75) is 36.9 Å². The van der Waals surface area contributed by atoms with Crippen molar-refractivity contribution in [3.8, 4) is 0 Å². The molecule has 138 valence electrons. The number of rotatable bonds is 9. The third-order valence-corrected chi connectivity index (χ3v) is 5.46. The molecule has 1 saturated carbocycles. The number of esters is 1. The highest BCUT2D eigenvalue weighted by atomic mass is 32.2. The zero-order chi connectivity index (χ0) is 18.5. The van der Waals surface area contributed by atoms with Gasteiger partial charge >= 0.3 is 5.97 Å². The molecule has 2 heterocycles. The third-order valence-electron chi connectivity index (χ3n) is 3.68. The highest BCUT2D eigenvalue weighted by molar-refractivity contribution is 7.99. The zero-order valence-corrected chi connectivity index (χ0v) is 15.9. The summed E-state index contributed by atoms with van der Waals surface area (Å²) in [6.45, 7) is 4.40. The molecule has 0 aliphatic heterocycles. The molecule has 2 aromatic heterocycles. The van der Waals surface area contributed by atoms with Crippen molar-refractivity contribution < 1.29 is 14.3 Å². The number of ether oxygens (including phenoxy) is 1. The van der Waals surface area contributed by atoms with Gasteiger partial charge in [-0.1, -0.05) is 17.8 Å². The number of nitrogens with zero attached hydrogens (tertiary/aromatic N) is 4. The van der Waals surface area contributed by atoms with Gasteiger partial charge in [0.05, 0.1) is 25.0 Å². The second-order valence-electron chi connectivity index (χ2n) is 5.75. The summed E-state index contributed by atoms with van der Waals surface area (Å²) in [5, 5.41) is 14.1. The van der Waals surface area contributed by atoms with Gasteiger partial charge in [-0.25, -0.2) is 4.98 Å². The van der Waals surface area contributed by atoms with Gasteiger partial charge in [-0.05, 0) is 12.8 Å². The molecule has 1 amide bonds. The summed E-state index contributed by atoms with van der Waals surface area (Å²) in [5.41, 5.74) is 0.574. The number of carbonyl (C=O) groups is 2. The first-order chi connectivity index (χ1) is 12.6. The minimum atomic E-state index is -0.364. The van der Waals surface area contributed by atoms with Gasteiger partial charge in [0, 0.05) is 17.8 Å². The van der Waals surface area contributed by atoms with E-state index in [4.69, 9.17) is 0 Å². The summed E-state index contributed by atoms with van der Waals surface area (Å²) >= 11 is 2.61. The fourth-order valence-electron chi connectivity index (χ4n) is 2.30. The van der Waals surface area contributed by atoms with E-state index in [-0.39, 0.29) is 24.1 Å². The molecule has 10 heteroatoms. The first-order valence-corrected chi connectivity index (χ1v) is 9.95. The molecule has 0 saturated heterocycles. The Bertz CT molecular complexity index is 813. The number of hydrogen-bond donors (Lipinski definition) is 1. The van der Waals surface area contributed by atoms with Crippen LogP contribution in [0.15, 0.2) is 23.2 Å². The number of nitrogens with one attached hydrogen (secondary N) is 1. The predicted molar refractivity (Wildman–Crippen MR) is 99.4 cm³/mol. The largest absolute Gasteiger partial charge is 0.469 e. The van der Waals surface area contributed by atoms with Crippen LogP contribution in [-0.2, 0) is 27.3 Å². The first-order valence-electron chi connectivity index (χ1n) is 8.08. The van der Waals surface area contributed by atoms with E-state index in [9.17, 15) is 9.59 Å². The lowest BCUT2D eigenvalue weighted by molar-refractivity contribution is -0.139. The lowest BCUT2D eigenvalue weighted by Gasteiger charge is -2.06. The number of carbonyl (C=O) groups excluding carboxylic acids is 2. The number of thiazole rings is 1. The van der Waals surface area contributed by atoms with Crippen LogP contribution in [0.5, 0.6) is 0 Å². The molecule has 1 fully saturated rings. The Labute approximate surface area is 159 Å². The zero-order valence-electron chi connectivity index (χ0n) is 14.3. The molecule has 0 radical (unpaired) electrons. The quantitative estimate of drug-likeness (QED) is 0.396. The summed E-state index contributed by atoms with van der Waals surface area (Å²) in [7, 11) is 1.33. The van der Waals surface area contributed by atoms with E-state index in [1.165, 1.54) is 30.2 Å². The van der Waals surface area contributed by atoms with Crippen molar-refractivity contribution in [3.63, 3.8) is 0 Å². The average Bonchev–Trinajstić information content (AvgIpc) is 3.26. The summed E-state index contributed by atoms with van der Waals surface area (Å²) < 4.78 is 6.61. The van der Waals surface area contributed by atoms with Crippen molar-refractivity contribution in [3.05, 3.63) is 29.6 Å². The van der Waals surface area contributed by atoms with E-state index in [0.29, 0.717) is 28.4 Å². The first kappa shape index (κ1) is 18.6. The maximum atomic E-state index is 12.2. The molecular weight excluding hydrogens is 374 g/mol. The van der Waals surface area contributed by atoms with Gasteiger partial charge in [-0.2, -0.15) is 0 Å². The van der Waals surface area contributed by atoms with E-state index >= 15 is 0 Å². The number of amides is 1. The van der Waals surface area contributed by atoms with Crippen LogP contribution in [-0.4, -0.2) is 44.5 Å². The molecule has 3 rings (SSSR count). The lowest BCUT2D eigenvalue weighted by atomic mass is 10.3. The van der Waals surface area contributed by atoms with Crippen LogP contribution >= 0.6 is 23.1 Å². The van der Waals surface area contributed by atoms with E-state index in [1.54, 1.807) is 11.5 Å². The normalized spacial score (nSPS) is 13.4. The standard InChI is InChI=1S/C16H19N5O3S2/c1-3-6-21-14(10-4-5-10)19-20-16(21)26-9-12(22)18-15-17-11(8-25-15)7-13(23)24-2/h3,8,10H,1,4-7,9H2,2H3,(H,17,18,22). The molecule has 0 unspecified atom stereocenters. The molecule has 0 atom stereocenters. The van der Waals surface area contributed by atoms with E-state index in [0.717, 1.165) is 18.7 Å². The Morgan fingerprint density at radius 1 is 1.50 bits per heavy atom. The SMILES string of the molecule is C=CCn1c(SCC(=O)Nc2nc(CC(=O)OC)cs2)nnc1C1CC1. The number of thioether (sulfide) groups is 1. The van der Waals surface area contributed by atoms with Crippen LogP contribution < -0.4 is 5.32 Å². The molecule has 0 bridgehead atoms. The summed E-state index contributed by atoms with van der Waals surface area (Å²) in [6.07, 6.45) is 4.17. The molecule has 26 heavy (non-hydrogen) atoms. The number of aromatic nitrogens is 4. The van der Waals surface area contributed by atoms with Gasteiger partial charge in [0.1, 0.15) is 5.82 Å². The van der Waals surface area contributed by atoms with Crippen LogP contribution in [0.25, 0.3) is 0 Å². The van der Waals surface area contributed by atoms with Crippen molar-refractivity contribution in [2.24, 2.45) is 0 Å². The van der Waals surface area contributed by atoms with Crippen LogP contribution in [0, 0.1) is 0 Å². The lowest BCUT2D eigenvalue weighted by Crippen LogP contribution is -2.15. The van der Waals surface area contributed by atoms with Crippen LogP contribution in [0.1, 0.15) is 30.3 Å². The summed E-state index contributed by atoms with van der Waals surface area (Å²) in [6, 6.07) is 0. The van der Waals surface area contributed by atoms with Crippen molar-refractivity contribution in [2.75, 3.05) is 18.2 Å². The predicted octanol–water partition coefficient (Wildman–Crippen LogP) is 2.24. The van der Waals surface area contributed by atoms with Crippen molar-refractivity contribution >= 4 is 40.1 Å². The molecule has 0 aromatic carbocycles. The van der Waals surface area contributed by atoms with Crippen LogP contribution in [0.4, 0.5) is 5.13 Å². The maximum Gasteiger partial charge on any atom is 0.311 e. The Kier molecular flexibility index (Phi) is 6.04. The maximum absolute atomic E-state index is 12.2. The van der Waals surface area contributed by atoms with Gasteiger partial charge in [-0.3, -0.25) is 9.59 Å². The molecule has 2 aromatic rings. The second-order valence-corrected chi connectivity index (χ2v) is 7.55. The minimum Gasteiger partial charge on any atom is -0.469 e. The Morgan fingerprint density at radius 3 is 3.00 bits per heavy atom. The highest BCUT2D eigenvalue weighted by Crippen LogP contribution is 2.40. The molecule has 1 N–H and O–H groups in total. The van der Waals surface area contributed by atoms with Crippen molar-refractivity contribution in [1.82, 2.24) is 19.7 Å². The number of methoxy groups -OCH3 is 1. The van der Waals surface area contributed by atoms with Crippen molar-refractivity contribution in [1.29, 1.82) is 0 Å². The Morgan fingerprint density at radius 2 is 2.31 bits per heavy atom. The fraction of sp³-hybridized carbons (Fsp3) is 0.438. The van der Waals surface area contributed by atoms with Gasteiger partial charge < -0.3 is 14.6 Å². The second kappa shape index (κ2) is 8.45. The molecule has 0 spiro atoms. The third kappa shape index (κ3) is 4.70. The number of allylic oxidation sites excluding steroid dienone is 1. The number of anilines is 1. The highest BCUT2D eigenvalue weighted by Gasteiger charge is 2.30. The van der Waals surface area contributed by atoms with E-state index in [1.807, 2.05) is 4.57 Å². The number of hydrogen-bond acceptors (Lipinski definition) is 8. The van der Waals surface area contributed by atoms with E-state index in [2.05, 4.69) is 31.8 Å². The van der Waals surface area contributed by atoms with E-state index < -0.39 is 0 Å². The smallest absolute Gasteiger partial charge is 0.311 e. The molecular formula is C16H19N5O3S2. The van der Waals surface area contributed by atoms with Gasteiger partial charge in [0.2, 0.25) is 5.91 Å². The monoisotopic (exact) mass is 393 g/mol. The van der Waals surface area contributed by atoms with Gasteiger partial charge in [0.25, 0.3) is 0 Å². The summed E-state index contributed by atoms with van der Waals surface area (Å²) in [4.78, 5) is 27.6. The molecule has 1 aliphatic rings. The van der Waals surface area contributed by atoms with Crippen LogP contribution in [0.2, 0.25) is 0 Å². The minimum absolute atomic E-state index is 0.0895. The summed E-state index contributed by atoms with van der Waals surface area (Å²) in [5.74, 6) is 1.10. The Balaban J connectivity index is 1.54. The Hall–Kier alpha value is -2.20. The average molecular weight is 393 g/mol.